The zero-order valence-electron chi connectivity index (χ0n) is 5.38. The zero-order chi connectivity index (χ0) is 6.28. The summed E-state index contributed by atoms with van der Waals surface area (Å²) < 4.78 is 0. The molecular weight excluding hydrogens is 110 g/mol. The number of hydrogen-bond donors (Lipinski definition) is 1. The van der Waals surface area contributed by atoms with E-state index >= 15 is 0 Å². The number of carbonyl (C=O) groups excluding carboxylic acids is 1. The van der Waals surface area contributed by atoms with Gasteiger partial charge in [0.2, 0.25) is 6.41 Å². The van der Waals surface area contributed by atoms with Gasteiger partial charge in [-0.3, -0.25) is 4.79 Å². The number of aliphatic hydroxyl groups is 1. The van der Waals surface area contributed by atoms with Crippen molar-refractivity contribution in [3.8, 4) is 0 Å². The standard InChI is InChI=1S/C3H7NO.CH4O.H2O/c1-4(2)3-5;1-2;/h3H,1-2H3;2H,1H3;1H2. The molecule has 52 valence electrons. The second-order valence-electron chi connectivity index (χ2n) is 1.07. The monoisotopic (exact) mass is 123 g/mol. The molecule has 0 saturated carbocycles. The minimum Gasteiger partial charge on any atom is -0.412 e. The molecule has 0 bridgehead atoms. The van der Waals surface area contributed by atoms with E-state index in [2.05, 4.69) is 0 Å². The minimum atomic E-state index is 0. The van der Waals surface area contributed by atoms with Crippen LogP contribution in [-0.4, -0.2) is 43.1 Å². The van der Waals surface area contributed by atoms with Crippen molar-refractivity contribution in [1.82, 2.24) is 4.90 Å². The third kappa shape index (κ3) is 53.8. The fourth-order valence-corrected chi connectivity index (χ4v) is 0. The Bertz CT molecular complexity index is 38.3. The van der Waals surface area contributed by atoms with E-state index in [-0.39, 0.29) is 5.48 Å². The van der Waals surface area contributed by atoms with Gasteiger partial charge in [-0.15, -0.1) is 0 Å². The lowest BCUT2D eigenvalue weighted by Gasteiger charge is -1.93. The highest BCUT2D eigenvalue weighted by atomic mass is 16.2. The number of nitrogens with zero attached hydrogens (tertiary/aromatic N) is 1. The smallest absolute Gasteiger partial charge is 0.209 e. The maximum Gasteiger partial charge on any atom is 0.209 e. The first-order valence-corrected chi connectivity index (χ1v) is 1.84. The number of carbonyl (C=O) groups is 1. The number of aliphatic hydroxyl groups excluding tert-OH is 1. The van der Waals surface area contributed by atoms with Crippen molar-refractivity contribution in [3.63, 3.8) is 0 Å². The molecule has 4 nitrogen and oxygen atoms in total. The highest BCUT2D eigenvalue weighted by Crippen LogP contribution is 1.52. The average Bonchev–Trinajstić information content (AvgIpc) is 1.73. The SMILES string of the molecule is CN(C)C=O.CO.O. The van der Waals surface area contributed by atoms with Crippen LogP contribution in [0.1, 0.15) is 0 Å². The molecule has 0 heterocycles. The van der Waals surface area contributed by atoms with Crippen LogP contribution < -0.4 is 0 Å². The Labute approximate surface area is 49.0 Å². The minimum absolute atomic E-state index is 0. The molecule has 0 aromatic carbocycles. The topological polar surface area (TPSA) is 72.0 Å². The molecular formula is C4H13NO3. The lowest BCUT2D eigenvalue weighted by Crippen LogP contribution is -2.06. The van der Waals surface area contributed by atoms with Crippen molar-refractivity contribution in [1.29, 1.82) is 0 Å². The van der Waals surface area contributed by atoms with Gasteiger partial charge in [-0.25, -0.2) is 0 Å². The predicted molar refractivity (Wildman–Crippen MR) is 31.5 cm³/mol. The molecule has 0 atom stereocenters. The van der Waals surface area contributed by atoms with Gasteiger partial charge in [-0.05, 0) is 0 Å². The summed E-state index contributed by atoms with van der Waals surface area (Å²) >= 11 is 0. The summed E-state index contributed by atoms with van der Waals surface area (Å²) in [6.45, 7) is 0. The molecule has 0 aliphatic rings. The normalized spacial score (nSPS) is 5.00. The lowest BCUT2D eigenvalue weighted by atomic mass is 11.0. The van der Waals surface area contributed by atoms with E-state index in [0.717, 1.165) is 13.5 Å². The molecule has 0 radical (unpaired) electrons. The molecule has 0 aromatic rings. The summed E-state index contributed by atoms with van der Waals surface area (Å²) in [5.74, 6) is 0. The molecule has 0 aliphatic carbocycles. The fourth-order valence-electron chi connectivity index (χ4n) is 0. The van der Waals surface area contributed by atoms with Crippen LogP contribution in [0.2, 0.25) is 0 Å². The van der Waals surface area contributed by atoms with Crippen molar-refractivity contribution in [3.05, 3.63) is 0 Å². The van der Waals surface area contributed by atoms with Crippen molar-refractivity contribution < 1.29 is 15.4 Å². The van der Waals surface area contributed by atoms with Crippen molar-refractivity contribution in [2.24, 2.45) is 0 Å². The molecule has 0 fully saturated rings. The van der Waals surface area contributed by atoms with Gasteiger partial charge in [0.15, 0.2) is 0 Å². The number of amides is 1. The largest absolute Gasteiger partial charge is 0.412 e. The van der Waals surface area contributed by atoms with Gasteiger partial charge in [0.1, 0.15) is 0 Å². The second kappa shape index (κ2) is 16.2. The van der Waals surface area contributed by atoms with Crippen LogP contribution in [0.4, 0.5) is 0 Å². The Kier molecular flexibility index (Phi) is 31.6. The van der Waals surface area contributed by atoms with Gasteiger partial charge < -0.3 is 15.5 Å². The van der Waals surface area contributed by atoms with Crippen LogP contribution in [0.25, 0.3) is 0 Å². The highest BCUT2D eigenvalue weighted by molar-refractivity contribution is 5.45. The summed E-state index contributed by atoms with van der Waals surface area (Å²) in [6, 6.07) is 0. The van der Waals surface area contributed by atoms with Crippen molar-refractivity contribution in [2.75, 3.05) is 21.2 Å². The Morgan fingerprint density at radius 2 is 1.50 bits per heavy atom. The predicted octanol–water partition coefficient (Wildman–Crippen LogP) is -1.51. The van der Waals surface area contributed by atoms with E-state index in [1.54, 1.807) is 14.1 Å². The van der Waals surface area contributed by atoms with Gasteiger partial charge in [0.05, 0.1) is 0 Å². The molecule has 0 aliphatic heterocycles. The van der Waals surface area contributed by atoms with Crippen LogP contribution >= 0.6 is 0 Å². The van der Waals surface area contributed by atoms with Crippen LogP contribution in [0, 0.1) is 0 Å². The van der Waals surface area contributed by atoms with E-state index in [0.29, 0.717) is 0 Å². The molecule has 8 heavy (non-hydrogen) atoms. The summed E-state index contributed by atoms with van der Waals surface area (Å²) in [7, 11) is 4.38. The molecule has 0 spiro atoms. The molecule has 0 aromatic heterocycles. The quantitative estimate of drug-likeness (QED) is 0.430. The first-order valence-electron chi connectivity index (χ1n) is 1.84. The molecule has 0 unspecified atom stereocenters. The molecule has 0 rings (SSSR count). The summed E-state index contributed by atoms with van der Waals surface area (Å²) in [5, 5.41) is 7.00. The van der Waals surface area contributed by atoms with Crippen LogP contribution in [-0.2, 0) is 4.79 Å². The Balaban J connectivity index is -0.0000000750. The van der Waals surface area contributed by atoms with Gasteiger partial charge in [-0.1, -0.05) is 0 Å². The Morgan fingerprint density at radius 1 is 1.38 bits per heavy atom. The van der Waals surface area contributed by atoms with Crippen LogP contribution in [0.3, 0.4) is 0 Å². The lowest BCUT2D eigenvalue weighted by molar-refractivity contribution is -0.115. The van der Waals surface area contributed by atoms with E-state index in [4.69, 9.17) is 5.11 Å². The van der Waals surface area contributed by atoms with Crippen LogP contribution in [0.15, 0.2) is 0 Å². The first kappa shape index (κ1) is 15.7. The van der Waals surface area contributed by atoms with Crippen molar-refractivity contribution in [2.45, 2.75) is 0 Å². The van der Waals surface area contributed by atoms with Gasteiger partial charge in [-0.2, -0.15) is 0 Å². The highest BCUT2D eigenvalue weighted by Gasteiger charge is 1.68. The van der Waals surface area contributed by atoms with E-state index in [1.807, 2.05) is 0 Å². The second-order valence-corrected chi connectivity index (χ2v) is 1.07. The van der Waals surface area contributed by atoms with Crippen LogP contribution in [0.5, 0.6) is 0 Å². The first-order chi connectivity index (χ1) is 3.27. The van der Waals surface area contributed by atoms with Crippen molar-refractivity contribution >= 4 is 6.41 Å². The Hall–Kier alpha value is -0.610. The third-order valence-corrected chi connectivity index (χ3v) is 0.211. The van der Waals surface area contributed by atoms with Gasteiger partial charge in [0, 0.05) is 21.2 Å². The Morgan fingerprint density at radius 3 is 1.50 bits per heavy atom. The van der Waals surface area contributed by atoms with E-state index < -0.39 is 0 Å². The van der Waals surface area contributed by atoms with E-state index in [9.17, 15) is 4.79 Å². The number of hydrogen-bond acceptors (Lipinski definition) is 2. The summed E-state index contributed by atoms with van der Waals surface area (Å²) in [4.78, 5) is 10.9. The summed E-state index contributed by atoms with van der Waals surface area (Å²) in [6.07, 6.45) is 0.750. The van der Waals surface area contributed by atoms with Gasteiger partial charge in [0.25, 0.3) is 0 Å². The average molecular weight is 123 g/mol. The molecule has 1 amide bonds. The fraction of sp³-hybridized carbons (Fsp3) is 0.750. The number of rotatable bonds is 1. The molecule has 3 N–H and O–H groups in total. The zero-order valence-corrected chi connectivity index (χ0v) is 5.38. The van der Waals surface area contributed by atoms with Gasteiger partial charge >= 0.3 is 0 Å². The third-order valence-electron chi connectivity index (χ3n) is 0.211. The molecule has 4 heteroatoms. The maximum atomic E-state index is 9.43. The molecule has 0 saturated heterocycles. The van der Waals surface area contributed by atoms with E-state index in [1.165, 1.54) is 4.90 Å². The summed E-state index contributed by atoms with van der Waals surface area (Å²) in [5.41, 5.74) is 0. The maximum absolute atomic E-state index is 9.43.